The highest BCUT2D eigenvalue weighted by atomic mass is 32.1. The molecule has 0 bridgehead atoms. The summed E-state index contributed by atoms with van der Waals surface area (Å²) in [5.74, 6) is -3.83. The molecule has 23 heteroatoms. The van der Waals surface area contributed by atoms with Gasteiger partial charge in [0.2, 0.25) is 17.7 Å². The van der Waals surface area contributed by atoms with E-state index in [0.29, 0.717) is 55.0 Å². The molecule has 4 heterocycles. The molecule has 2 saturated heterocycles. The number of carbonyl (C=O) groups excluding carboxylic acids is 4. The van der Waals surface area contributed by atoms with E-state index in [1.165, 1.54) is 49.1 Å². The second-order valence-electron chi connectivity index (χ2n) is 19.7. The Balaban J connectivity index is 0.888. The van der Waals surface area contributed by atoms with E-state index in [4.69, 9.17) is 21.7 Å². The van der Waals surface area contributed by atoms with E-state index in [1.54, 1.807) is 16.8 Å². The first-order valence-electron chi connectivity index (χ1n) is 24.0. The number of carbonyl (C=O) groups is 4. The number of benzene rings is 3. The molecule has 3 aromatic carbocycles. The molecule has 2 aromatic heterocycles. The van der Waals surface area contributed by atoms with E-state index in [-0.39, 0.29) is 49.4 Å². The number of nitrogens with zero attached hydrogens (tertiary/aromatic N) is 6. The fourth-order valence-corrected chi connectivity index (χ4v) is 10.2. The van der Waals surface area contributed by atoms with Gasteiger partial charge in [-0.3, -0.25) is 29.1 Å². The van der Waals surface area contributed by atoms with Crippen LogP contribution in [-0.4, -0.2) is 87.6 Å². The molecule has 4 amide bonds. The van der Waals surface area contributed by atoms with Crippen molar-refractivity contribution in [2.45, 2.75) is 104 Å². The summed E-state index contributed by atoms with van der Waals surface area (Å²) in [6, 6.07) is 15.2. The van der Waals surface area contributed by atoms with Gasteiger partial charge >= 0.3 is 12.4 Å². The van der Waals surface area contributed by atoms with Crippen LogP contribution in [0.2, 0.25) is 0 Å². The van der Waals surface area contributed by atoms with E-state index in [1.807, 2.05) is 52.0 Å². The number of rotatable bonds is 17. The van der Waals surface area contributed by atoms with Crippen LogP contribution in [0.15, 0.2) is 78.4 Å². The molecule has 2 N–H and O–H groups in total. The van der Waals surface area contributed by atoms with Crippen molar-refractivity contribution in [2.75, 3.05) is 36.2 Å². The van der Waals surface area contributed by atoms with Gasteiger partial charge in [-0.05, 0) is 118 Å². The van der Waals surface area contributed by atoms with Crippen molar-refractivity contribution < 1.29 is 59.4 Å². The first kappa shape index (κ1) is 56.7. The fraction of sp³-hybridized carbons (Fsp3) is 0.396. The van der Waals surface area contributed by atoms with Crippen molar-refractivity contribution in [3.05, 3.63) is 112 Å². The Hall–Kier alpha value is -7.03. The molecule has 402 valence electrons. The second kappa shape index (κ2) is 22.7. The molecule has 2 aliphatic rings. The standard InChI is InChI=1S/C53H53F7N8O6S2/c1-30-44(76-29-64-30)33-13-11-31(12-14-33)26-63-46(70)39-10-9-21-66(39)47(71)45(50(2,3)4)65-40(69)28-73-22-7-8-23-74-36-18-15-32(16-19-36)43-37(52(55,56)57)24-35(27-62-43)68-49(75)67(48(72)51(68,5)6)38-20-17-34(25-61)41(42(38)54)53(58,59)60/h11-20,24,27,29,39,45H,7-10,21-23,26,28H2,1-6H3,(H,63,70)(H,65,69)/t39?,45-/m1/s1. The summed E-state index contributed by atoms with van der Waals surface area (Å²) in [5, 5.41) is 14.3. The van der Waals surface area contributed by atoms with E-state index in [2.05, 4.69) is 20.6 Å². The van der Waals surface area contributed by atoms with Crippen LogP contribution in [0.4, 0.5) is 42.1 Å². The molecule has 0 spiro atoms. The van der Waals surface area contributed by atoms with Gasteiger partial charge in [-0.25, -0.2) is 9.37 Å². The maximum atomic E-state index is 15.5. The summed E-state index contributed by atoms with van der Waals surface area (Å²) in [6.45, 7) is 10.6. The van der Waals surface area contributed by atoms with Crippen LogP contribution in [0, 0.1) is 29.5 Å². The minimum absolute atomic E-state index is 0.0376. The fourth-order valence-electron chi connectivity index (χ4n) is 8.92. The number of alkyl halides is 6. The monoisotopic (exact) mass is 1090 g/mol. The van der Waals surface area contributed by atoms with E-state index in [9.17, 15) is 50.8 Å². The first-order valence-corrected chi connectivity index (χ1v) is 25.3. The molecule has 0 saturated carbocycles. The second-order valence-corrected chi connectivity index (χ2v) is 20.9. The number of thiazole rings is 1. The van der Waals surface area contributed by atoms with Gasteiger partial charge in [0.15, 0.2) is 10.9 Å². The van der Waals surface area contributed by atoms with Crippen LogP contribution >= 0.6 is 23.6 Å². The number of unbranched alkanes of at least 4 members (excludes halogenated alkanes) is 1. The number of halogens is 7. The molecule has 76 heavy (non-hydrogen) atoms. The van der Waals surface area contributed by atoms with Crippen LogP contribution in [0.3, 0.4) is 0 Å². The van der Waals surface area contributed by atoms with Crippen molar-refractivity contribution in [1.82, 2.24) is 25.5 Å². The predicted molar refractivity (Wildman–Crippen MR) is 273 cm³/mol. The zero-order valence-electron chi connectivity index (χ0n) is 42.1. The molecular weight excluding hydrogens is 1040 g/mol. The molecule has 7 rings (SSSR count). The summed E-state index contributed by atoms with van der Waals surface area (Å²) in [6.07, 6.45) is -7.27. The summed E-state index contributed by atoms with van der Waals surface area (Å²) in [4.78, 5) is 66.5. The Morgan fingerprint density at radius 3 is 2.24 bits per heavy atom. The largest absolute Gasteiger partial charge is 0.494 e. The maximum absolute atomic E-state index is 15.5. The van der Waals surface area contributed by atoms with Crippen LogP contribution in [0.25, 0.3) is 21.7 Å². The lowest BCUT2D eigenvalue weighted by Gasteiger charge is -2.35. The smallest absolute Gasteiger partial charge is 0.420 e. The van der Waals surface area contributed by atoms with E-state index < -0.39 is 86.2 Å². The average molecular weight is 1100 g/mol. The van der Waals surface area contributed by atoms with Crippen LogP contribution in [0.1, 0.15) is 88.2 Å². The van der Waals surface area contributed by atoms with Crippen LogP contribution < -0.4 is 25.2 Å². The van der Waals surface area contributed by atoms with Crippen molar-refractivity contribution in [2.24, 2.45) is 5.41 Å². The number of aryl methyl sites for hydroxylation is 1. The van der Waals surface area contributed by atoms with E-state index in [0.717, 1.165) is 38.9 Å². The lowest BCUT2D eigenvalue weighted by Crippen LogP contribution is -2.58. The third-order valence-electron chi connectivity index (χ3n) is 12.9. The van der Waals surface area contributed by atoms with Crippen LogP contribution in [0.5, 0.6) is 5.75 Å². The SMILES string of the molecule is Cc1ncsc1-c1ccc(CNC(=O)C2CCCN2C(=O)[C@@H](NC(=O)COCCCCOc2ccc(-c3ncc(N4C(=S)N(c5ccc(C#N)c(C(F)(F)F)c5F)C(=O)C4(C)C)cc3C(F)(F)F)cc2)C(C)(C)C)cc1. The molecule has 1 unspecified atom stereocenters. The number of hydrogen-bond acceptors (Lipinski definition) is 11. The average Bonchev–Trinajstić information content (AvgIpc) is 4.14. The first-order chi connectivity index (χ1) is 35.7. The number of amides is 4. The third kappa shape index (κ3) is 12.3. The Morgan fingerprint density at radius 1 is 0.947 bits per heavy atom. The van der Waals surface area contributed by atoms with Crippen molar-refractivity contribution in [3.63, 3.8) is 0 Å². The summed E-state index contributed by atoms with van der Waals surface area (Å²) < 4.78 is 112. The van der Waals surface area contributed by atoms with Gasteiger partial charge < -0.3 is 29.9 Å². The van der Waals surface area contributed by atoms with Gasteiger partial charge in [-0.15, -0.1) is 11.3 Å². The number of aromatic nitrogens is 2. The third-order valence-corrected chi connectivity index (χ3v) is 14.2. The number of thiocarbonyl (C=S) groups is 1. The maximum Gasteiger partial charge on any atom is 0.420 e. The molecular formula is C53H53F7N8O6S2. The van der Waals surface area contributed by atoms with Crippen LogP contribution in [-0.2, 0) is 42.8 Å². The highest BCUT2D eigenvalue weighted by molar-refractivity contribution is 7.81. The van der Waals surface area contributed by atoms with Crippen molar-refractivity contribution >= 4 is 63.7 Å². The van der Waals surface area contributed by atoms with Gasteiger partial charge in [-0.2, -0.15) is 31.6 Å². The molecule has 5 aromatic rings. The number of nitrogens with one attached hydrogen (secondary N) is 2. The number of likely N-dealkylation sites (tertiary alicyclic amines) is 1. The predicted octanol–water partition coefficient (Wildman–Crippen LogP) is 10.2. The lowest BCUT2D eigenvalue weighted by molar-refractivity contribution is -0.144. The Labute approximate surface area is 443 Å². The number of hydrogen-bond donors (Lipinski definition) is 2. The normalized spacial score (nSPS) is 16.2. The molecule has 2 fully saturated rings. The molecule has 0 radical (unpaired) electrons. The number of pyridine rings is 1. The highest BCUT2D eigenvalue weighted by Gasteiger charge is 2.53. The summed E-state index contributed by atoms with van der Waals surface area (Å²) in [5.41, 5.74) is -3.81. The summed E-state index contributed by atoms with van der Waals surface area (Å²) in [7, 11) is 0. The number of ether oxygens (including phenoxy) is 2. The van der Waals surface area contributed by atoms with Gasteiger partial charge in [0.05, 0.1) is 63.2 Å². The van der Waals surface area contributed by atoms with Gasteiger partial charge in [-0.1, -0.05) is 45.0 Å². The van der Waals surface area contributed by atoms with Gasteiger partial charge in [0, 0.05) is 25.3 Å². The Bertz CT molecular complexity index is 3040. The zero-order chi connectivity index (χ0) is 55.5. The molecule has 2 atom stereocenters. The topological polar surface area (TPSA) is 170 Å². The van der Waals surface area contributed by atoms with E-state index >= 15 is 4.39 Å². The molecule has 0 aliphatic carbocycles. The van der Waals surface area contributed by atoms with Gasteiger partial charge in [0.1, 0.15) is 35.5 Å². The lowest BCUT2D eigenvalue weighted by atomic mass is 9.85. The van der Waals surface area contributed by atoms with Crippen molar-refractivity contribution in [3.8, 4) is 33.5 Å². The Morgan fingerprint density at radius 2 is 1.62 bits per heavy atom. The number of nitriles is 1. The number of anilines is 2. The summed E-state index contributed by atoms with van der Waals surface area (Å²) >= 11 is 6.95. The molecule has 2 aliphatic heterocycles. The minimum atomic E-state index is -5.33. The Kier molecular flexibility index (Phi) is 16.9. The minimum Gasteiger partial charge on any atom is -0.494 e. The highest BCUT2D eigenvalue weighted by Crippen LogP contribution is 2.44. The quantitative estimate of drug-likeness (QED) is 0.0516. The molecule has 14 nitrogen and oxygen atoms in total. The van der Waals surface area contributed by atoms with Gasteiger partial charge in [0.25, 0.3) is 5.91 Å². The van der Waals surface area contributed by atoms with Crippen molar-refractivity contribution in [1.29, 1.82) is 5.26 Å². The zero-order valence-corrected chi connectivity index (χ0v) is 43.8.